The lowest BCUT2D eigenvalue weighted by Gasteiger charge is -2.22. The molecule has 2 rings (SSSR count). The molecule has 0 bridgehead atoms. The van der Waals surface area contributed by atoms with Crippen LogP contribution in [-0.2, 0) is 15.6 Å². The van der Waals surface area contributed by atoms with Crippen LogP contribution < -0.4 is 5.32 Å². The minimum absolute atomic E-state index is 0.0170. The molecule has 1 aliphatic heterocycles. The molecule has 1 aliphatic rings. The SMILES string of the molecule is O=C(O)c1ccc(CS(=O)(=O)CC2CCNCC2)cc1. The number of benzene rings is 1. The maximum Gasteiger partial charge on any atom is 0.335 e. The van der Waals surface area contributed by atoms with Crippen molar-refractivity contribution in [1.29, 1.82) is 0 Å². The summed E-state index contributed by atoms with van der Waals surface area (Å²) in [6.45, 7) is 1.76. The summed E-state index contributed by atoms with van der Waals surface area (Å²) in [5, 5.41) is 12.0. The Morgan fingerprint density at radius 3 is 2.35 bits per heavy atom. The Balaban J connectivity index is 1.98. The normalized spacial score (nSPS) is 17.0. The Morgan fingerprint density at radius 1 is 1.20 bits per heavy atom. The van der Waals surface area contributed by atoms with Crippen molar-refractivity contribution in [2.45, 2.75) is 18.6 Å². The Labute approximate surface area is 118 Å². The highest BCUT2D eigenvalue weighted by Crippen LogP contribution is 2.17. The van der Waals surface area contributed by atoms with Crippen molar-refractivity contribution in [3.05, 3.63) is 35.4 Å². The van der Waals surface area contributed by atoms with Crippen molar-refractivity contribution in [3.8, 4) is 0 Å². The fourth-order valence-electron chi connectivity index (χ4n) is 2.46. The van der Waals surface area contributed by atoms with Crippen LogP contribution in [0, 0.1) is 5.92 Å². The summed E-state index contributed by atoms with van der Waals surface area (Å²) in [6, 6.07) is 6.03. The van der Waals surface area contributed by atoms with Crippen LogP contribution in [0.5, 0.6) is 0 Å². The summed E-state index contributed by atoms with van der Waals surface area (Å²) in [6.07, 6.45) is 1.80. The molecule has 1 heterocycles. The number of nitrogens with one attached hydrogen (secondary N) is 1. The molecule has 1 aromatic carbocycles. The van der Waals surface area contributed by atoms with E-state index in [1.165, 1.54) is 12.1 Å². The standard InChI is InChI=1S/C14H19NO4S/c16-14(17)13-3-1-11(2-4-13)9-20(18,19)10-12-5-7-15-8-6-12/h1-4,12,15H,5-10H2,(H,16,17). The molecule has 0 atom stereocenters. The van der Waals surface area contributed by atoms with Crippen molar-refractivity contribution >= 4 is 15.8 Å². The van der Waals surface area contributed by atoms with E-state index in [-0.39, 0.29) is 23.0 Å². The molecule has 1 aromatic rings. The summed E-state index contributed by atoms with van der Waals surface area (Å²) in [4.78, 5) is 10.7. The van der Waals surface area contributed by atoms with Crippen LogP contribution in [0.1, 0.15) is 28.8 Å². The first kappa shape index (κ1) is 15.0. The maximum absolute atomic E-state index is 12.2. The van der Waals surface area contributed by atoms with E-state index in [9.17, 15) is 13.2 Å². The number of hydrogen-bond acceptors (Lipinski definition) is 4. The second-order valence-corrected chi connectivity index (χ2v) is 7.36. The van der Waals surface area contributed by atoms with Crippen LogP contribution in [0.4, 0.5) is 0 Å². The van der Waals surface area contributed by atoms with E-state index in [1.54, 1.807) is 12.1 Å². The average molecular weight is 297 g/mol. The van der Waals surface area contributed by atoms with Crippen molar-refractivity contribution in [3.63, 3.8) is 0 Å². The first-order valence-corrected chi connectivity index (χ1v) is 8.52. The van der Waals surface area contributed by atoms with E-state index in [0.717, 1.165) is 25.9 Å². The number of hydrogen-bond donors (Lipinski definition) is 2. The molecular weight excluding hydrogens is 278 g/mol. The van der Waals surface area contributed by atoms with E-state index in [1.807, 2.05) is 0 Å². The van der Waals surface area contributed by atoms with Gasteiger partial charge in [0.1, 0.15) is 0 Å². The molecule has 0 spiro atoms. The van der Waals surface area contributed by atoms with Gasteiger partial charge < -0.3 is 10.4 Å². The first-order valence-electron chi connectivity index (χ1n) is 6.70. The summed E-state index contributed by atoms with van der Waals surface area (Å²) in [5.41, 5.74) is 0.813. The Hall–Kier alpha value is -1.40. The Bertz CT molecular complexity index is 559. The smallest absolute Gasteiger partial charge is 0.335 e. The van der Waals surface area contributed by atoms with Crippen molar-refractivity contribution < 1.29 is 18.3 Å². The monoisotopic (exact) mass is 297 g/mol. The van der Waals surface area contributed by atoms with Gasteiger partial charge in [0.05, 0.1) is 17.1 Å². The number of aromatic carboxylic acids is 1. The molecule has 2 N–H and O–H groups in total. The highest BCUT2D eigenvalue weighted by Gasteiger charge is 2.21. The van der Waals surface area contributed by atoms with Gasteiger partial charge in [-0.1, -0.05) is 12.1 Å². The number of rotatable bonds is 5. The fraction of sp³-hybridized carbons (Fsp3) is 0.500. The lowest BCUT2D eigenvalue weighted by Crippen LogP contribution is -2.31. The van der Waals surface area contributed by atoms with Gasteiger partial charge in [-0.25, -0.2) is 13.2 Å². The van der Waals surface area contributed by atoms with E-state index >= 15 is 0 Å². The van der Waals surface area contributed by atoms with Gasteiger partial charge in [0.2, 0.25) is 0 Å². The molecule has 1 fully saturated rings. The quantitative estimate of drug-likeness (QED) is 0.856. The Kier molecular flexibility index (Phi) is 4.77. The second-order valence-electron chi connectivity index (χ2n) is 5.25. The molecule has 0 unspecified atom stereocenters. The zero-order valence-electron chi connectivity index (χ0n) is 11.2. The van der Waals surface area contributed by atoms with Crippen LogP contribution in [0.25, 0.3) is 0 Å². The molecule has 0 aromatic heterocycles. The summed E-state index contributed by atoms with van der Waals surface area (Å²) in [5.74, 6) is -0.569. The number of sulfone groups is 1. The van der Waals surface area contributed by atoms with Gasteiger partial charge in [-0.15, -0.1) is 0 Å². The molecule has 0 aliphatic carbocycles. The van der Waals surface area contributed by atoms with Crippen LogP contribution in [0.15, 0.2) is 24.3 Å². The van der Waals surface area contributed by atoms with Crippen molar-refractivity contribution in [2.75, 3.05) is 18.8 Å². The van der Waals surface area contributed by atoms with Gasteiger partial charge in [0, 0.05) is 0 Å². The lowest BCUT2D eigenvalue weighted by molar-refractivity contribution is 0.0697. The van der Waals surface area contributed by atoms with Gasteiger partial charge in [-0.05, 0) is 49.5 Å². The third-order valence-electron chi connectivity index (χ3n) is 3.54. The van der Waals surface area contributed by atoms with E-state index < -0.39 is 15.8 Å². The summed E-state index contributed by atoms with van der Waals surface area (Å²) in [7, 11) is -3.14. The number of carbonyl (C=O) groups is 1. The summed E-state index contributed by atoms with van der Waals surface area (Å²) >= 11 is 0. The lowest BCUT2D eigenvalue weighted by atomic mass is 10.0. The predicted octanol–water partition coefficient (Wildman–Crippen LogP) is 1.30. The number of piperidine rings is 1. The van der Waals surface area contributed by atoms with Crippen LogP contribution in [0.2, 0.25) is 0 Å². The average Bonchev–Trinajstić information content (AvgIpc) is 2.39. The number of carboxylic acids is 1. The van der Waals surface area contributed by atoms with E-state index in [0.29, 0.717) is 5.56 Å². The van der Waals surface area contributed by atoms with Gasteiger partial charge in [-0.3, -0.25) is 0 Å². The summed E-state index contributed by atoms with van der Waals surface area (Å²) < 4.78 is 24.3. The molecular formula is C14H19NO4S. The molecule has 5 nitrogen and oxygen atoms in total. The molecule has 0 amide bonds. The fourth-order valence-corrected chi connectivity index (χ4v) is 4.33. The highest BCUT2D eigenvalue weighted by molar-refractivity contribution is 7.90. The minimum Gasteiger partial charge on any atom is -0.478 e. The van der Waals surface area contributed by atoms with Gasteiger partial charge in [-0.2, -0.15) is 0 Å². The molecule has 6 heteroatoms. The third-order valence-corrected chi connectivity index (χ3v) is 5.29. The molecule has 0 radical (unpaired) electrons. The molecule has 110 valence electrons. The molecule has 0 saturated carbocycles. The van der Waals surface area contributed by atoms with Gasteiger partial charge >= 0.3 is 5.97 Å². The highest BCUT2D eigenvalue weighted by atomic mass is 32.2. The molecule has 1 saturated heterocycles. The topological polar surface area (TPSA) is 83.5 Å². The van der Waals surface area contributed by atoms with Crippen LogP contribution >= 0.6 is 0 Å². The van der Waals surface area contributed by atoms with Crippen molar-refractivity contribution in [1.82, 2.24) is 5.32 Å². The third kappa shape index (κ3) is 4.31. The molecule has 20 heavy (non-hydrogen) atoms. The van der Waals surface area contributed by atoms with Crippen LogP contribution in [-0.4, -0.2) is 38.3 Å². The predicted molar refractivity (Wildman–Crippen MR) is 76.5 cm³/mol. The maximum atomic E-state index is 12.2. The van der Waals surface area contributed by atoms with Gasteiger partial charge in [0.15, 0.2) is 9.84 Å². The zero-order chi connectivity index (χ0) is 14.6. The Morgan fingerprint density at radius 2 is 1.80 bits per heavy atom. The van der Waals surface area contributed by atoms with Crippen LogP contribution in [0.3, 0.4) is 0 Å². The van der Waals surface area contributed by atoms with Crippen molar-refractivity contribution in [2.24, 2.45) is 5.92 Å². The second kappa shape index (κ2) is 6.37. The van der Waals surface area contributed by atoms with E-state index in [4.69, 9.17) is 5.11 Å². The van der Waals surface area contributed by atoms with Gasteiger partial charge in [0.25, 0.3) is 0 Å². The van der Waals surface area contributed by atoms with E-state index in [2.05, 4.69) is 5.32 Å². The minimum atomic E-state index is -3.14. The largest absolute Gasteiger partial charge is 0.478 e. The number of carboxylic acid groups (broad SMARTS) is 1. The first-order chi connectivity index (χ1) is 9.46. The zero-order valence-corrected chi connectivity index (χ0v) is 12.0.